The molecule has 1 amide bonds. The van der Waals surface area contributed by atoms with E-state index in [-0.39, 0.29) is 5.91 Å². The fourth-order valence-electron chi connectivity index (χ4n) is 2.00. The maximum absolute atomic E-state index is 12.1. The molecule has 0 spiro atoms. The van der Waals surface area contributed by atoms with Crippen LogP contribution < -0.4 is 5.73 Å². The van der Waals surface area contributed by atoms with Gasteiger partial charge in [0.25, 0.3) is 5.91 Å². The number of carbonyl (C=O) groups excluding carboxylic acids is 1. The molecule has 0 aliphatic heterocycles. The number of nitrogens with one attached hydrogen (secondary N) is 1. The number of H-pyrrole nitrogens is 1. The number of benzene rings is 1. The van der Waals surface area contributed by atoms with Gasteiger partial charge in [-0.3, -0.25) is 9.89 Å². The Hall–Kier alpha value is -2.30. The first-order valence-corrected chi connectivity index (χ1v) is 6.10. The predicted octanol–water partition coefficient (Wildman–Crippen LogP) is 1.88. The van der Waals surface area contributed by atoms with Crippen LogP contribution in [0.4, 0.5) is 5.82 Å². The monoisotopic (exact) mass is 258 g/mol. The standard InChI is InChI=1S/C14H18N4O/c1-9-4-5-11(10(2)6-9)8-18(3)14(19)12-7-13(15)17-16-12/h4-7H,8H2,1-3H3,(H3,15,16,17). The molecule has 1 aromatic carbocycles. The Morgan fingerprint density at radius 3 is 2.68 bits per heavy atom. The van der Waals surface area contributed by atoms with E-state index in [1.54, 1.807) is 18.0 Å². The normalized spacial score (nSPS) is 10.5. The van der Waals surface area contributed by atoms with E-state index in [0.717, 1.165) is 5.56 Å². The van der Waals surface area contributed by atoms with E-state index in [4.69, 9.17) is 5.73 Å². The lowest BCUT2D eigenvalue weighted by Crippen LogP contribution is -2.26. The summed E-state index contributed by atoms with van der Waals surface area (Å²) in [5.41, 5.74) is 9.44. The molecule has 100 valence electrons. The number of nitrogens with zero attached hydrogens (tertiary/aromatic N) is 2. The summed E-state index contributed by atoms with van der Waals surface area (Å²) in [5.74, 6) is 0.201. The lowest BCUT2D eigenvalue weighted by atomic mass is 10.1. The molecule has 0 aliphatic rings. The summed E-state index contributed by atoms with van der Waals surface area (Å²) in [6, 6.07) is 7.76. The third-order valence-corrected chi connectivity index (χ3v) is 3.08. The van der Waals surface area contributed by atoms with Crippen LogP contribution >= 0.6 is 0 Å². The average molecular weight is 258 g/mol. The molecule has 1 aromatic heterocycles. The maximum atomic E-state index is 12.1. The van der Waals surface area contributed by atoms with Crippen molar-refractivity contribution in [2.24, 2.45) is 0 Å². The molecule has 0 saturated heterocycles. The van der Waals surface area contributed by atoms with E-state index < -0.39 is 0 Å². The van der Waals surface area contributed by atoms with Gasteiger partial charge in [0.1, 0.15) is 11.5 Å². The molecule has 0 unspecified atom stereocenters. The summed E-state index contributed by atoms with van der Waals surface area (Å²) in [5, 5.41) is 6.39. The molecule has 1 heterocycles. The summed E-state index contributed by atoms with van der Waals surface area (Å²) < 4.78 is 0. The molecular formula is C14H18N4O. The van der Waals surface area contributed by atoms with Crippen LogP contribution in [-0.2, 0) is 6.54 Å². The Balaban J connectivity index is 2.12. The number of aromatic amines is 1. The molecule has 0 fully saturated rings. The Morgan fingerprint density at radius 2 is 2.11 bits per heavy atom. The molecule has 5 heteroatoms. The minimum atomic E-state index is -0.121. The molecule has 0 atom stereocenters. The van der Waals surface area contributed by atoms with Crippen molar-refractivity contribution in [3.8, 4) is 0 Å². The number of carbonyl (C=O) groups is 1. The minimum Gasteiger partial charge on any atom is -0.382 e. The highest BCUT2D eigenvalue weighted by Gasteiger charge is 2.15. The number of anilines is 1. The van der Waals surface area contributed by atoms with Gasteiger partial charge in [-0.25, -0.2) is 0 Å². The van der Waals surface area contributed by atoms with Crippen molar-refractivity contribution in [3.63, 3.8) is 0 Å². The van der Waals surface area contributed by atoms with Gasteiger partial charge in [0.2, 0.25) is 0 Å². The molecule has 5 nitrogen and oxygen atoms in total. The van der Waals surface area contributed by atoms with E-state index >= 15 is 0 Å². The highest BCUT2D eigenvalue weighted by molar-refractivity contribution is 5.92. The van der Waals surface area contributed by atoms with Gasteiger partial charge in [0, 0.05) is 19.7 Å². The molecule has 0 aliphatic carbocycles. The smallest absolute Gasteiger partial charge is 0.271 e. The molecular weight excluding hydrogens is 240 g/mol. The zero-order chi connectivity index (χ0) is 14.0. The third kappa shape index (κ3) is 2.93. The van der Waals surface area contributed by atoms with Crippen LogP contribution in [0.15, 0.2) is 24.3 Å². The second kappa shape index (κ2) is 5.14. The molecule has 3 N–H and O–H groups in total. The van der Waals surface area contributed by atoms with Crippen molar-refractivity contribution in [3.05, 3.63) is 46.6 Å². The van der Waals surface area contributed by atoms with Crippen molar-refractivity contribution in [1.82, 2.24) is 15.1 Å². The second-order valence-corrected chi connectivity index (χ2v) is 4.80. The summed E-state index contributed by atoms with van der Waals surface area (Å²) >= 11 is 0. The van der Waals surface area contributed by atoms with Crippen LogP contribution in [0, 0.1) is 13.8 Å². The first-order chi connectivity index (χ1) is 8.97. The summed E-state index contributed by atoms with van der Waals surface area (Å²) in [6.45, 7) is 4.66. The van der Waals surface area contributed by atoms with Crippen molar-refractivity contribution < 1.29 is 4.79 Å². The van der Waals surface area contributed by atoms with Gasteiger partial charge in [0.15, 0.2) is 0 Å². The zero-order valence-electron chi connectivity index (χ0n) is 11.4. The maximum Gasteiger partial charge on any atom is 0.271 e. The predicted molar refractivity (Wildman–Crippen MR) is 74.7 cm³/mol. The zero-order valence-corrected chi connectivity index (χ0v) is 11.4. The number of nitrogens with two attached hydrogens (primary N) is 1. The Kier molecular flexibility index (Phi) is 3.55. The quantitative estimate of drug-likeness (QED) is 0.882. The van der Waals surface area contributed by atoms with Gasteiger partial charge in [-0.05, 0) is 25.0 Å². The highest BCUT2D eigenvalue weighted by atomic mass is 16.2. The van der Waals surface area contributed by atoms with Crippen LogP contribution in [0.5, 0.6) is 0 Å². The summed E-state index contributed by atoms with van der Waals surface area (Å²) in [6.07, 6.45) is 0. The first kappa shape index (κ1) is 13.1. The molecule has 0 saturated carbocycles. The van der Waals surface area contributed by atoms with Crippen molar-refractivity contribution in [2.75, 3.05) is 12.8 Å². The van der Waals surface area contributed by atoms with Crippen LogP contribution in [0.3, 0.4) is 0 Å². The number of rotatable bonds is 3. The van der Waals surface area contributed by atoms with Crippen LogP contribution in [0.2, 0.25) is 0 Å². The van der Waals surface area contributed by atoms with Gasteiger partial charge in [-0.1, -0.05) is 23.8 Å². The fraction of sp³-hybridized carbons (Fsp3) is 0.286. The van der Waals surface area contributed by atoms with Gasteiger partial charge in [0.05, 0.1) is 0 Å². The SMILES string of the molecule is Cc1ccc(CN(C)C(=O)c2cc(N)n[nH]2)c(C)c1. The second-order valence-electron chi connectivity index (χ2n) is 4.80. The lowest BCUT2D eigenvalue weighted by Gasteiger charge is -2.17. The number of hydrogen-bond donors (Lipinski definition) is 2. The van der Waals surface area contributed by atoms with E-state index in [1.807, 2.05) is 0 Å². The molecule has 2 rings (SSSR count). The molecule has 0 bridgehead atoms. The van der Waals surface area contributed by atoms with Crippen LogP contribution in [0.1, 0.15) is 27.2 Å². The van der Waals surface area contributed by atoms with Crippen molar-refractivity contribution in [2.45, 2.75) is 20.4 Å². The van der Waals surface area contributed by atoms with E-state index in [1.165, 1.54) is 11.1 Å². The third-order valence-electron chi connectivity index (χ3n) is 3.08. The lowest BCUT2D eigenvalue weighted by molar-refractivity contribution is 0.0779. The van der Waals surface area contributed by atoms with Gasteiger partial charge in [-0.2, -0.15) is 5.10 Å². The number of aryl methyl sites for hydroxylation is 2. The van der Waals surface area contributed by atoms with Crippen molar-refractivity contribution in [1.29, 1.82) is 0 Å². The topological polar surface area (TPSA) is 75.0 Å². The van der Waals surface area contributed by atoms with E-state index in [0.29, 0.717) is 18.1 Å². The largest absolute Gasteiger partial charge is 0.382 e. The van der Waals surface area contributed by atoms with E-state index in [9.17, 15) is 4.79 Å². The Labute approximate surface area is 112 Å². The average Bonchev–Trinajstić information content (AvgIpc) is 2.78. The molecule has 0 radical (unpaired) electrons. The van der Waals surface area contributed by atoms with E-state index in [2.05, 4.69) is 42.2 Å². The summed E-state index contributed by atoms with van der Waals surface area (Å²) in [4.78, 5) is 13.8. The molecule has 2 aromatic rings. The van der Waals surface area contributed by atoms with Crippen molar-refractivity contribution >= 4 is 11.7 Å². The number of nitrogen functional groups attached to an aromatic ring is 1. The Morgan fingerprint density at radius 1 is 1.37 bits per heavy atom. The minimum absolute atomic E-state index is 0.121. The van der Waals surface area contributed by atoms with Gasteiger partial charge < -0.3 is 10.6 Å². The number of aromatic nitrogens is 2. The van der Waals surface area contributed by atoms with Gasteiger partial charge >= 0.3 is 0 Å². The Bertz CT molecular complexity index is 603. The number of amides is 1. The highest BCUT2D eigenvalue weighted by Crippen LogP contribution is 2.14. The number of hydrogen-bond acceptors (Lipinski definition) is 3. The molecule has 19 heavy (non-hydrogen) atoms. The summed E-state index contributed by atoms with van der Waals surface area (Å²) in [7, 11) is 1.76. The fourth-order valence-corrected chi connectivity index (χ4v) is 2.00. The van der Waals surface area contributed by atoms with Gasteiger partial charge in [-0.15, -0.1) is 0 Å². The van der Waals surface area contributed by atoms with Crippen LogP contribution in [-0.4, -0.2) is 28.1 Å². The van der Waals surface area contributed by atoms with Crippen LogP contribution in [0.25, 0.3) is 0 Å². The first-order valence-electron chi connectivity index (χ1n) is 6.10.